The van der Waals surface area contributed by atoms with Gasteiger partial charge in [0.05, 0.1) is 18.6 Å². The molecule has 15 heteroatoms. The van der Waals surface area contributed by atoms with Crippen LogP contribution in [0.15, 0.2) is 30.3 Å². The number of thioether (sulfide) groups is 1. The minimum absolute atomic E-state index is 0.0222. The van der Waals surface area contributed by atoms with Gasteiger partial charge in [-0.3, -0.25) is 28.8 Å². The SMILES string of the molecule is CCC(C)C(NC(=O)CNC(=O)C(CC(C)C)NC(=O)C(CCSC)NO)C(=O)NC(Cc1ccccc1)C(=O)C(=O)C(N)CCCCN. The number of unbranched alkanes of at least 4 members (excludes halogenated alkanes) is 1. The summed E-state index contributed by atoms with van der Waals surface area (Å²) in [5, 5.41) is 19.9. The molecule has 4 amide bonds. The standard InChI is InChI=1S/C34H57N7O7S/c1-6-22(4)29(40-28(42)20-37-32(45)27(18-21(2)3)39-33(46)25(41-48)15-17-49-5)34(47)38-26(19-23-12-8-7-9-13-23)31(44)30(43)24(36)14-10-11-16-35/h7-9,12-13,21-22,24-27,29,41,48H,6,10-11,14-20,35-36H2,1-5H3,(H,37,45)(H,38,47)(H,39,46)(H,40,42). The van der Waals surface area contributed by atoms with E-state index in [0.717, 1.165) is 0 Å². The van der Waals surface area contributed by atoms with Gasteiger partial charge in [-0.15, -0.1) is 0 Å². The summed E-state index contributed by atoms with van der Waals surface area (Å²) in [6.45, 7) is 7.30. The number of carbonyl (C=O) groups is 6. The highest BCUT2D eigenvalue weighted by Crippen LogP contribution is 2.12. The van der Waals surface area contributed by atoms with Crippen LogP contribution in [0, 0.1) is 11.8 Å². The van der Waals surface area contributed by atoms with E-state index in [4.69, 9.17) is 11.5 Å². The molecule has 1 aromatic rings. The Kier molecular flexibility index (Phi) is 21.3. The molecule has 0 aromatic heterocycles. The summed E-state index contributed by atoms with van der Waals surface area (Å²) in [6.07, 6.45) is 4.54. The number of hydrogen-bond acceptors (Lipinski definition) is 11. The molecule has 0 saturated carbocycles. The van der Waals surface area contributed by atoms with Crippen molar-refractivity contribution < 1.29 is 34.0 Å². The first-order chi connectivity index (χ1) is 23.3. The number of hydroxylamine groups is 1. The minimum Gasteiger partial charge on any atom is -0.345 e. The normalized spacial score (nSPS) is 14.9. The van der Waals surface area contributed by atoms with Crippen molar-refractivity contribution in [2.45, 2.75) is 103 Å². The lowest BCUT2D eigenvalue weighted by Crippen LogP contribution is -2.58. The lowest BCUT2D eigenvalue weighted by atomic mass is 9.93. The number of nitrogens with two attached hydrogens (primary N) is 2. The van der Waals surface area contributed by atoms with E-state index in [9.17, 15) is 34.0 Å². The molecule has 1 rings (SSSR count). The molecule has 0 aliphatic rings. The topological polar surface area (TPSA) is 235 Å². The van der Waals surface area contributed by atoms with Crippen LogP contribution in [0.5, 0.6) is 0 Å². The molecule has 0 bridgehead atoms. The van der Waals surface area contributed by atoms with Gasteiger partial charge in [-0.1, -0.05) is 70.9 Å². The number of amides is 4. The Morgan fingerprint density at radius 3 is 2.06 bits per heavy atom. The Hall–Kier alpha value is -3.37. The van der Waals surface area contributed by atoms with Crippen LogP contribution in [0.1, 0.15) is 71.8 Å². The van der Waals surface area contributed by atoms with Gasteiger partial charge < -0.3 is 37.9 Å². The third-order valence-corrected chi connectivity index (χ3v) is 8.77. The van der Waals surface area contributed by atoms with Crippen molar-refractivity contribution in [1.82, 2.24) is 26.7 Å². The molecule has 0 aliphatic heterocycles. The third-order valence-electron chi connectivity index (χ3n) is 8.12. The lowest BCUT2D eigenvalue weighted by Gasteiger charge is -2.27. The van der Waals surface area contributed by atoms with Gasteiger partial charge in [0.1, 0.15) is 18.1 Å². The molecule has 0 radical (unpaired) electrons. The maximum atomic E-state index is 13.6. The third kappa shape index (κ3) is 16.3. The summed E-state index contributed by atoms with van der Waals surface area (Å²) in [5.74, 6) is -3.84. The Morgan fingerprint density at radius 2 is 1.49 bits per heavy atom. The van der Waals surface area contributed by atoms with Crippen molar-refractivity contribution >= 4 is 47.0 Å². The average Bonchev–Trinajstić information content (AvgIpc) is 3.08. The Balaban J connectivity index is 3.05. The maximum Gasteiger partial charge on any atom is 0.243 e. The number of benzene rings is 1. The summed E-state index contributed by atoms with van der Waals surface area (Å²) in [4.78, 5) is 79.0. The number of carbonyl (C=O) groups excluding carboxylic acids is 6. The van der Waals surface area contributed by atoms with Gasteiger partial charge in [0, 0.05) is 6.42 Å². The largest absolute Gasteiger partial charge is 0.345 e. The first-order valence-electron chi connectivity index (χ1n) is 16.9. The first-order valence-corrected chi connectivity index (χ1v) is 18.3. The fraction of sp³-hybridized carbons (Fsp3) is 0.647. The van der Waals surface area contributed by atoms with E-state index in [-0.39, 0.29) is 31.1 Å². The molecule has 14 nitrogen and oxygen atoms in total. The van der Waals surface area contributed by atoms with E-state index in [1.54, 1.807) is 37.3 Å². The smallest absolute Gasteiger partial charge is 0.243 e. The quantitative estimate of drug-likeness (QED) is 0.0398. The van der Waals surface area contributed by atoms with Gasteiger partial charge in [0.2, 0.25) is 35.2 Å². The van der Waals surface area contributed by atoms with Gasteiger partial charge in [-0.25, -0.2) is 0 Å². The molecule has 1 aromatic carbocycles. The molecule has 6 atom stereocenters. The summed E-state index contributed by atoms with van der Waals surface area (Å²) < 4.78 is 0. The van der Waals surface area contributed by atoms with Gasteiger partial charge >= 0.3 is 0 Å². The van der Waals surface area contributed by atoms with Crippen molar-refractivity contribution in [3.8, 4) is 0 Å². The summed E-state index contributed by atoms with van der Waals surface area (Å²) in [5.41, 5.74) is 14.3. The van der Waals surface area contributed by atoms with Gasteiger partial charge in [-0.05, 0) is 61.6 Å². The van der Waals surface area contributed by atoms with E-state index < -0.39 is 71.9 Å². The van der Waals surface area contributed by atoms with Crippen molar-refractivity contribution in [3.05, 3.63) is 35.9 Å². The van der Waals surface area contributed by atoms with E-state index in [1.807, 2.05) is 32.5 Å². The van der Waals surface area contributed by atoms with Crippen LogP contribution >= 0.6 is 11.8 Å². The highest BCUT2D eigenvalue weighted by molar-refractivity contribution is 7.98. The van der Waals surface area contributed by atoms with Crippen LogP contribution in [0.4, 0.5) is 0 Å². The number of nitrogens with one attached hydrogen (secondary N) is 5. The zero-order valence-electron chi connectivity index (χ0n) is 29.5. The van der Waals surface area contributed by atoms with Crippen molar-refractivity contribution in [1.29, 1.82) is 0 Å². The predicted octanol–water partition coefficient (Wildman–Crippen LogP) is 0.587. The van der Waals surface area contributed by atoms with Crippen LogP contribution in [0.2, 0.25) is 0 Å². The van der Waals surface area contributed by atoms with Crippen LogP contribution in [-0.2, 0) is 35.2 Å². The first kappa shape index (κ1) is 43.7. The molecule has 10 N–H and O–H groups in total. The number of Topliss-reactive ketones (excluding diaryl/α,β-unsaturated/α-hetero) is 2. The maximum absolute atomic E-state index is 13.6. The molecule has 6 unspecified atom stereocenters. The lowest BCUT2D eigenvalue weighted by molar-refractivity contribution is -0.140. The summed E-state index contributed by atoms with van der Waals surface area (Å²) in [6, 6.07) is 3.68. The van der Waals surface area contributed by atoms with Crippen molar-refractivity contribution in [2.24, 2.45) is 23.3 Å². The Bertz CT molecular complexity index is 1200. The molecule has 49 heavy (non-hydrogen) atoms. The van der Waals surface area contributed by atoms with Crippen molar-refractivity contribution in [2.75, 3.05) is 25.1 Å². The highest BCUT2D eigenvalue weighted by Gasteiger charge is 2.34. The molecular formula is C34H57N7O7S. The zero-order valence-corrected chi connectivity index (χ0v) is 30.3. The minimum atomic E-state index is -1.22. The van der Waals surface area contributed by atoms with Crippen LogP contribution in [-0.4, -0.2) is 95.7 Å². The van der Waals surface area contributed by atoms with Crippen LogP contribution in [0.3, 0.4) is 0 Å². The average molecular weight is 708 g/mol. The molecule has 0 saturated heterocycles. The molecular weight excluding hydrogens is 650 g/mol. The van der Waals surface area contributed by atoms with Crippen molar-refractivity contribution in [3.63, 3.8) is 0 Å². The molecule has 0 heterocycles. The molecule has 0 aliphatic carbocycles. The van der Waals surface area contributed by atoms with Gasteiger partial charge in [0.15, 0.2) is 0 Å². The Labute approximate surface area is 294 Å². The van der Waals surface area contributed by atoms with Gasteiger partial charge in [0.25, 0.3) is 0 Å². The van der Waals surface area contributed by atoms with Crippen LogP contribution in [0.25, 0.3) is 0 Å². The fourth-order valence-electron chi connectivity index (χ4n) is 5.00. The van der Waals surface area contributed by atoms with Crippen LogP contribution < -0.4 is 38.2 Å². The fourth-order valence-corrected chi connectivity index (χ4v) is 5.47. The second-order valence-corrected chi connectivity index (χ2v) is 13.7. The summed E-state index contributed by atoms with van der Waals surface area (Å²) >= 11 is 1.51. The predicted molar refractivity (Wildman–Crippen MR) is 190 cm³/mol. The Morgan fingerprint density at radius 1 is 0.837 bits per heavy atom. The monoisotopic (exact) mass is 707 g/mol. The van der Waals surface area contributed by atoms with E-state index in [2.05, 4.69) is 21.3 Å². The summed E-state index contributed by atoms with van der Waals surface area (Å²) in [7, 11) is 0. The van der Waals surface area contributed by atoms with E-state index >= 15 is 0 Å². The number of rotatable bonds is 25. The molecule has 0 fully saturated rings. The van der Waals surface area contributed by atoms with Gasteiger partial charge in [-0.2, -0.15) is 17.2 Å². The molecule has 0 spiro atoms. The second kappa shape index (κ2) is 23.9. The highest BCUT2D eigenvalue weighted by atomic mass is 32.2. The molecule has 276 valence electrons. The van der Waals surface area contributed by atoms with E-state index in [1.165, 1.54) is 11.8 Å². The number of hydrogen-bond donors (Lipinski definition) is 8. The zero-order chi connectivity index (χ0) is 36.9. The second-order valence-electron chi connectivity index (χ2n) is 12.7. The number of ketones is 2. The van der Waals surface area contributed by atoms with E-state index in [0.29, 0.717) is 43.5 Å².